The molecule has 0 amide bonds. The topological polar surface area (TPSA) is 50.9 Å². The molecule has 1 N–H and O–H groups in total. The highest BCUT2D eigenvalue weighted by atomic mass is 16.3. The number of phenolic OH excluding ortho intramolecular Hbond substituents is 1. The van der Waals surface area contributed by atoms with Crippen LogP contribution in [0.1, 0.15) is 47.9 Å². The van der Waals surface area contributed by atoms with Crippen molar-refractivity contribution in [2.45, 2.75) is 25.7 Å². The average molecular weight is 420 g/mol. The Bertz CT molecular complexity index is 1330. The van der Waals surface area contributed by atoms with Gasteiger partial charge in [0.1, 0.15) is 22.5 Å². The lowest BCUT2D eigenvalue weighted by atomic mass is 9.86. The van der Waals surface area contributed by atoms with Gasteiger partial charge in [-0.3, -0.25) is 0 Å². The van der Waals surface area contributed by atoms with Crippen molar-refractivity contribution < 1.29 is 5.11 Å². The Balaban J connectivity index is 1.70. The van der Waals surface area contributed by atoms with E-state index in [0.29, 0.717) is 5.69 Å². The molecule has 2 atom stereocenters. The van der Waals surface area contributed by atoms with E-state index in [2.05, 4.69) is 66.5 Å². The van der Waals surface area contributed by atoms with E-state index in [1.807, 2.05) is 54.6 Å². The van der Waals surface area contributed by atoms with Gasteiger partial charge < -0.3 is 5.11 Å². The zero-order valence-corrected chi connectivity index (χ0v) is 18.2. The molecular weight excluding hydrogens is 394 g/mol. The van der Waals surface area contributed by atoms with Crippen molar-refractivity contribution in [1.82, 2.24) is 15.0 Å². The molecule has 4 nitrogen and oxygen atoms in total. The van der Waals surface area contributed by atoms with E-state index in [9.17, 15) is 5.11 Å². The second-order valence-electron chi connectivity index (χ2n) is 8.22. The number of phenols is 1. The van der Waals surface area contributed by atoms with Crippen LogP contribution in [-0.2, 0) is 0 Å². The predicted octanol–water partition coefficient (Wildman–Crippen LogP) is 6.43. The summed E-state index contributed by atoms with van der Waals surface area (Å²) >= 11 is 0. The van der Waals surface area contributed by atoms with Crippen LogP contribution in [0, 0.1) is 0 Å². The summed E-state index contributed by atoms with van der Waals surface area (Å²) in [6.07, 6.45) is 0. The standard InChI is InChI=1S/C28H25N3O/c1-19(21-11-5-3-6-12-21)23-17-24(20(2)22-13-7-4-8-14-22)28(32)27(18-23)31-29-25-15-9-10-16-26(25)30-31/h3-20,32H,1-2H3. The molecule has 0 radical (unpaired) electrons. The molecule has 1 heterocycles. The Morgan fingerprint density at radius 1 is 0.625 bits per heavy atom. The van der Waals surface area contributed by atoms with Gasteiger partial charge in [0.2, 0.25) is 0 Å². The fraction of sp³-hybridized carbons (Fsp3) is 0.143. The molecule has 0 bridgehead atoms. The van der Waals surface area contributed by atoms with Crippen LogP contribution in [0.5, 0.6) is 5.75 Å². The molecule has 0 aliphatic carbocycles. The fourth-order valence-corrected chi connectivity index (χ4v) is 4.22. The maximum Gasteiger partial charge on any atom is 0.146 e. The third-order valence-corrected chi connectivity index (χ3v) is 6.21. The van der Waals surface area contributed by atoms with Gasteiger partial charge in [0.15, 0.2) is 0 Å². The minimum absolute atomic E-state index is 0.0165. The highest BCUT2D eigenvalue weighted by Crippen LogP contribution is 2.39. The van der Waals surface area contributed by atoms with Crippen molar-refractivity contribution in [3.8, 4) is 11.4 Å². The molecule has 158 valence electrons. The van der Waals surface area contributed by atoms with E-state index in [4.69, 9.17) is 0 Å². The fourth-order valence-electron chi connectivity index (χ4n) is 4.22. The molecular formula is C28H25N3O. The Kier molecular flexibility index (Phi) is 5.20. The number of hydrogen-bond acceptors (Lipinski definition) is 3. The first kappa shape index (κ1) is 20.0. The highest BCUT2D eigenvalue weighted by molar-refractivity contribution is 5.74. The Labute approximate surface area is 187 Å². The van der Waals surface area contributed by atoms with Gasteiger partial charge in [-0.15, -0.1) is 15.0 Å². The van der Waals surface area contributed by atoms with E-state index < -0.39 is 0 Å². The van der Waals surface area contributed by atoms with Crippen LogP contribution >= 0.6 is 0 Å². The third-order valence-electron chi connectivity index (χ3n) is 6.21. The molecule has 2 unspecified atom stereocenters. The molecule has 1 aromatic heterocycles. The van der Waals surface area contributed by atoms with Gasteiger partial charge in [-0.1, -0.05) is 92.7 Å². The molecule has 4 heteroatoms. The summed E-state index contributed by atoms with van der Waals surface area (Å²) in [4.78, 5) is 1.56. The lowest BCUT2D eigenvalue weighted by molar-refractivity contribution is 0.458. The van der Waals surface area contributed by atoms with E-state index >= 15 is 0 Å². The second kappa shape index (κ2) is 8.31. The maximum absolute atomic E-state index is 11.4. The number of fused-ring (bicyclic) bond motifs is 1. The van der Waals surface area contributed by atoms with Crippen LogP contribution in [-0.4, -0.2) is 20.1 Å². The highest BCUT2D eigenvalue weighted by Gasteiger charge is 2.22. The van der Waals surface area contributed by atoms with Gasteiger partial charge in [0, 0.05) is 17.4 Å². The summed E-state index contributed by atoms with van der Waals surface area (Å²) in [7, 11) is 0. The van der Waals surface area contributed by atoms with Gasteiger partial charge in [-0.25, -0.2) is 0 Å². The number of nitrogens with zero attached hydrogens (tertiary/aromatic N) is 3. The summed E-state index contributed by atoms with van der Waals surface area (Å²) in [5.74, 6) is 0.385. The van der Waals surface area contributed by atoms with Crippen molar-refractivity contribution in [2.24, 2.45) is 0 Å². The zero-order valence-electron chi connectivity index (χ0n) is 18.2. The van der Waals surface area contributed by atoms with E-state index in [1.165, 1.54) is 5.56 Å². The average Bonchev–Trinajstić information content (AvgIpc) is 3.28. The first-order chi connectivity index (χ1) is 15.6. The molecule has 0 saturated heterocycles. The van der Waals surface area contributed by atoms with Crippen LogP contribution in [0.25, 0.3) is 16.7 Å². The van der Waals surface area contributed by atoms with Crippen molar-refractivity contribution in [2.75, 3.05) is 0 Å². The minimum Gasteiger partial charge on any atom is -0.505 e. The summed E-state index contributed by atoms with van der Waals surface area (Å²) < 4.78 is 0. The Morgan fingerprint density at radius 2 is 1.12 bits per heavy atom. The van der Waals surface area contributed by atoms with E-state index in [0.717, 1.165) is 27.7 Å². The summed E-state index contributed by atoms with van der Waals surface area (Å²) in [5, 5.41) is 20.6. The number of aromatic hydroxyl groups is 1. The molecule has 4 aromatic carbocycles. The zero-order chi connectivity index (χ0) is 22.1. The number of rotatable bonds is 5. The molecule has 0 spiro atoms. The quantitative estimate of drug-likeness (QED) is 0.357. The molecule has 0 aliphatic heterocycles. The number of benzene rings is 4. The summed E-state index contributed by atoms with van der Waals surface area (Å²) in [6, 6.07) is 32.6. The van der Waals surface area contributed by atoms with Gasteiger partial charge in [0.25, 0.3) is 0 Å². The molecule has 0 fully saturated rings. The van der Waals surface area contributed by atoms with Crippen molar-refractivity contribution in [1.29, 1.82) is 0 Å². The van der Waals surface area contributed by atoms with Gasteiger partial charge in [-0.2, -0.15) is 0 Å². The lowest BCUT2D eigenvalue weighted by Crippen LogP contribution is -2.07. The molecule has 0 saturated carbocycles. The van der Waals surface area contributed by atoms with Crippen molar-refractivity contribution in [3.05, 3.63) is 119 Å². The Morgan fingerprint density at radius 3 is 1.69 bits per heavy atom. The first-order valence-electron chi connectivity index (χ1n) is 10.9. The lowest BCUT2D eigenvalue weighted by Gasteiger charge is -2.21. The molecule has 32 heavy (non-hydrogen) atoms. The van der Waals surface area contributed by atoms with E-state index in [1.54, 1.807) is 4.80 Å². The SMILES string of the molecule is CC(c1ccccc1)c1cc(C(C)c2ccccc2)c(O)c(-n2nc3ccccc3n2)c1. The predicted molar refractivity (Wildman–Crippen MR) is 128 cm³/mol. The normalized spacial score (nSPS) is 13.2. The van der Waals surface area contributed by atoms with Gasteiger partial charge in [-0.05, 0) is 34.9 Å². The maximum atomic E-state index is 11.4. The van der Waals surface area contributed by atoms with Crippen LogP contribution in [0.3, 0.4) is 0 Å². The summed E-state index contributed by atoms with van der Waals surface area (Å²) in [5.41, 5.74) is 6.55. The first-order valence-corrected chi connectivity index (χ1v) is 10.9. The smallest absolute Gasteiger partial charge is 0.146 e. The van der Waals surface area contributed by atoms with Crippen molar-refractivity contribution >= 4 is 11.0 Å². The molecule has 5 aromatic rings. The minimum atomic E-state index is 0.0165. The van der Waals surface area contributed by atoms with Gasteiger partial charge >= 0.3 is 0 Å². The van der Waals surface area contributed by atoms with Crippen LogP contribution in [0.2, 0.25) is 0 Å². The second-order valence-corrected chi connectivity index (χ2v) is 8.22. The summed E-state index contributed by atoms with van der Waals surface area (Å²) in [6.45, 7) is 4.31. The number of hydrogen-bond donors (Lipinski definition) is 1. The third kappa shape index (κ3) is 3.65. The number of aromatic nitrogens is 3. The van der Waals surface area contributed by atoms with Crippen LogP contribution in [0.4, 0.5) is 0 Å². The van der Waals surface area contributed by atoms with Crippen LogP contribution in [0.15, 0.2) is 97.1 Å². The van der Waals surface area contributed by atoms with E-state index in [-0.39, 0.29) is 17.6 Å². The van der Waals surface area contributed by atoms with Crippen molar-refractivity contribution in [3.63, 3.8) is 0 Å². The van der Waals surface area contributed by atoms with Crippen LogP contribution < -0.4 is 0 Å². The van der Waals surface area contributed by atoms with Gasteiger partial charge in [0.05, 0.1) is 0 Å². The largest absolute Gasteiger partial charge is 0.505 e. The molecule has 5 rings (SSSR count). The monoisotopic (exact) mass is 419 g/mol. The Hall–Kier alpha value is -3.92. The molecule has 0 aliphatic rings.